The standard InChI is InChI=1S/C20H25N5OS/c1-14(26)17-10-22-19(27-17)12-24-11-15-9-23-25(18-6-4-5-7-21-18)16(15)8-20(2,3)13-24/h4-7,9-10,14,26H,8,11-13H2,1-3H3. The maximum Gasteiger partial charge on any atom is 0.153 e. The van der Waals surface area contributed by atoms with Crippen molar-refractivity contribution in [2.75, 3.05) is 6.54 Å². The number of aliphatic hydroxyl groups is 1. The number of thiazole rings is 1. The molecule has 3 aromatic heterocycles. The Hall–Kier alpha value is -2.09. The Kier molecular flexibility index (Phi) is 4.84. The summed E-state index contributed by atoms with van der Waals surface area (Å²) in [7, 11) is 0. The minimum Gasteiger partial charge on any atom is -0.388 e. The lowest BCUT2D eigenvalue weighted by Crippen LogP contribution is -2.32. The molecule has 0 fully saturated rings. The zero-order valence-corrected chi connectivity index (χ0v) is 16.8. The van der Waals surface area contributed by atoms with E-state index in [4.69, 9.17) is 0 Å². The molecular formula is C20H25N5OS. The quantitative estimate of drug-likeness (QED) is 0.748. The summed E-state index contributed by atoms with van der Waals surface area (Å²) < 4.78 is 1.98. The van der Waals surface area contributed by atoms with E-state index in [2.05, 4.69) is 33.8 Å². The monoisotopic (exact) mass is 383 g/mol. The number of pyridine rings is 1. The molecule has 27 heavy (non-hydrogen) atoms. The molecule has 0 saturated carbocycles. The summed E-state index contributed by atoms with van der Waals surface area (Å²) in [6, 6.07) is 5.91. The largest absolute Gasteiger partial charge is 0.388 e. The van der Waals surface area contributed by atoms with Crippen LogP contribution in [0.1, 0.15) is 48.0 Å². The summed E-state index contributed by atoms with van der Waals surface area (Å²) in [5, 5.41) is 15.4. The van der Waals surface area contributed by atoms with Crippen LogP contribution in [-0.2, 0) is 19.5 Å². The van der Waals surface area contributed by atoms with Gasteiger partial charge in [0.1, 0.15) is 5.01 Å². The van der Waals surface area contributed by atoms with Crippen LogP contribution >= 0.6 is 11.3 Å². The highest BCUT2D eigenvalue weighted by Gasteiger charge is 2.31. The van der Waals surface area contributed by atoms with E-state index in [9.17, 15) is 5.11 Å². The third-order valence-electron chi connectivity index (χ3n) is 4.86. The van der Waals surface area contributed by atoms with E-state index in [0.717, 1.165) is 41.8 Å². The van der Waals surface area contributed by atoms with Crippen LogP contribution in [-0.4, -0.2) is 36.3 Å². The third kappa shape index (κ3) is 3.95. The highest BCUT2D eigenvalue weighted by molar-refractivity contribution is 7.11. The fraction of sp³-hybridized carbons (Fsp3) is 0.450. The molecule has 142 valence electrons. The van der Waals surface area contributed by atoms with E-state index in [0.29, 0.717) is 0 Å². The van der Waals surface area contributed by atoms with Crippen molar-refractivity contribution < 1.29 is 5.11 Å². The Balaban J connectivity index is 1.62. The molecule has 0 amide bonds. The van der Waals surface area contributed by atoms with Gasteiger partial charge in [-0.25, -0.2) is 14.6 Å². The van der Waals surface area contributed by atoms with Crippen molar-refractivity contribution in [1.82, 2.24) is 24.6 Å². The van der Waals surface area contributed by atoms with Crippen molar-refractivity contribution in [2.24, 2.45) is 5.41 Å². The van der Waals surface area contributed by atoms with E-state index in [1.54, 1.807) is 30.7 Å². The van der Waals surface area contributed by atoms with Crippen molar-refractivity contribution in [1.29, 1.82) is 0 Å². The van der Waals surface area contributed by atoms with Crippen LogP contribution in [0.3, 0.4) is 0 Å². The molecule has 1 atom stereocenters. The van der Waals surface area contributed by atoms with Gasteiger partial charge in [0.2, 0.25) is 0 Å². The van der Waals surface area contributed by atoms with Gasteiger partial charge in [0, 0.05) is 31.0 Å². The van der Waals surface area contributed by atoms with E-state index >= 15 is 0 Å². The van der Waals surface area contributed by atoms with Crippen molar-refractivity contribution in [3.63, 3.8) is 0 Å². The summed E-state index contributed by atoms with van der Waals surface area (Å²) in [5.74, 6) is 0.865. The number of fused-ring (bicyclic) bond motifs is 1. The van der Waals surface area contributed by atoms with Gasteiger partial charge in [-0.1, -0.05) is 19.9 Å². The number of rotatable bonds is 4. The first kappa shape index (κ1) is 18.3. The average Bonchev–Trinajstić information content (AvgIpc) is 3.20. The first-order valence-corrected chi connectivity index (χ1v) is 10.1. The van der Waals surface area contributed by atoms with Gasteiger partial charge in [0.15, 0.2) is 5.82 Å². The summed E-state index contributed by atoms with van der Waals surface area (Å²) in [5.41, 5.74) is 2.60. The third-order valence-corrected chi connectivity index (χ3v) is 6.01. The lowest BCUT2D eigenvalue weighted by Gasteiger charge is -2.29. The summed E-state index contributed by atoms with van der Waals surface area (Å²) in [4.78, 5) is 12.3. The highest BCUT2D eigenvalue weighted by Crippen LogP contribution is 2.32. The van der Waals surface area contributed by atoms with E-state index < -0.39 is 6.10 Å². The van der Waals surface area contributed by atoms with E-state index in [1.807, 2.05) is 29.1 Å². The highest BCUT2D eigenvalue weighted by atomic mass is 32.1. The predicted molar refractivity (Wildman–Crippen MR) is 106 cm³/mol. The van der Waals surface area contributed by atoms with Gasteiger partial charge >= 0.3 is 0 Å². The van der Waals surface area contributed by atoms with Crippen LogP contribution in [0.4, 0.5) is 0 Å². The normalized spacial score (nSPS) is 18.1. The van der Waals surface area contributed by atoms with Crippen molar-refractivity contribution >= 4 is 11.3 Å². The van der Waals surface area contributed by atoms with Crippen molar-refractivity contribution in [2.45, 2.75) is 46.4 Å². The Labute approximate surface area is 163 Å². The SMILES string of the molecule is CC(O)c1cnc(CN2Cc3cnn(-c4ccccn4)c3CC(C)(C)C2)s1. The van der Waals surface area contributed by atoms with Crippen LogP contribution < -0.4 is 0 Å². The van der Waals surface area contributed by atoms with Gasteiger partial charge in [-0.2, -0.15) is 5.10 Å². The molecule has 1 N–H and O–H groups in total. The second kappa shape index (κ2) is 7.14. The van der Waals surface area contributed by atoms with Gasteiger partial charge in [-0.15, -0.1) is 11.3 Å². The zero-order chi connectivity index (χ0) is 19.0. The Morgan fingerprint density at radius 1 is 1.26 bits per heavy atom. The van der Waals surface area contributed by atoms with Gasteiger partial charge < -0.3 is 5.11 Å². The molecule has 0 spiro atoms. The summed E-state index contributed by atoms with van der Waals surface area (Å²) >= 11 is 1.59. The van der Waals surface area contributed by atoms with Crippen LogP contribution in [0, 0.1) is 5.41 Å². The molecule has 0 aliphatic carbocycles. The average molecular weight is 384 g/mol. The number of aromatic nitrogens is 4. The van der Waals surface area contributed by atoms with Gasteiger partial charge in [-0.3, -0.25) is 4.90 Å². The lowest BCUT2D eigenvalue weighted by molar-refractivity contribution is 0.173. The summed E-state index contributed by atoms with van der Waals surface area (Å²) in [6.45, 7) is 8.99. The first-order valence-electron chi connectivity index (χ1n) is 9.23. The molecule has 7 heteroatoms. The molecule has 6 nitrogen and oxygen atoms in total. The molecule has 0 bridgehead atoms. The first-order chi connectivity index (χ1) is 12.9. The van der Waals surface area contributed by atoms with E-state index in [1.165, 1.54) is 11.3 Å². The molecule has 0 radical (unpaired) electrons. The van der Waals surface area contributed by atoms with Crippen molar-refractivity contribution in [3.05, 3.63) is 57.9 Å². The Bertz CT molecular complexity index is 916. The Morgan fingerprint density at radius 3 is 2.81 bits per heavy atom. The lowest BCUT2D eigenvalue weighted by atomic mass is 9.87. The topological polar surface area (TPSA) is 67.1 Å². The number of aliphatic hydroxyl groups excluding tert-OH is 1. The number of hydrogen-bond acceptors (Lipinski definition) is 6. The maximum atomic E-state index is 9.75. The smallest absolute Gasteiger partial charge is 0.153 e. The predicted octanol–water partition coefficient (Wildman–Crippen LogP) is 3.36. The molecule has 1 aliphatic rings. The zero-order valence-electron chi connectivity index (χ0n) is 16.0. The molecule has 0 aromatic carbocycles. The fourth-order valence-electron chi connectivity index (χ4n) is 3.71. The van der Waals surface area contributed by atoms with Gasteiger partial charge in [-0.05, 0) is 30.9 Å². The number of hydrogen-bond donors (Lipinski definition) is 1. The second-order valence-corrected chi connectivity index (χ2v) is 9.18. The van der Waals surface area contributed by atoms with Crippen LogP contribution in [0.25, 0.3) is 5.82 Å². The summed E-state index contributed by atoms with van der Waals surface area (Å²) in [6.07, 6.45) is 6.06. The second-order valence-electron chi connectivity index (χ2n) is 8.03. The Morgan fingerprint density at radius 2 is 2.11 bits per heavy atom. The molecule has 4 rings (SSSR count). The van der Waals surface area contributed by atoms with Crippen LogP contribution in [0.15, 0.2) is 36.8 Å². The fourth-order valence-corrected chi connectivity index (χ4v) is 4.61. The molecule has 3 aromatic rings. The van der Waals surface area contributed by atoms with Gasteiger partial charge in [0.25, 0.3) is 0 Å². The molecule has 1 unspecified atom stereocenters. The maximum absolute atomic E-state index is 9.75. The van der Waals surface area contributed by atoms with E-state index in [-0.39, 0.29) is 5.41 Å². The van der Waals surface area contributed by atoms with Gasteiger partial charge in [0.05, 0.1) is 29.4 Å². The molecule has 1 aliphatic heterocycles. The minimum atomic E-state index is -0.458. The number of nitrogens with zero attached hydrogens (tertiary/aromatic N) is 5. The van der Waals surface area contributed by atoms with Crippen LogP contribution in [0.5, 0.6) is 0 Å². The molecule has 4 heterocycles. The van der Waals surface area contributed by atoms with Crippen molar-refractivity contribution in [3.8, 4) is 5.82 Å². The molecule has 0 saturated heterocycles. The minimum absolute atomic E-state index is 0.113. The van der Waals surface area contributed by atoms with Crippen LogP contribution in [0.2, 0.25) is 0 Å². The molecular weight excluding hydrogens is 358 g/mol.